The van der Waals surface area contributed by atoms with Crippen molar-refractivity contribution >= 4 is 28.9 Å². The van der Waals surface area contributed by atoms with Crippen LogP contribution < -0.4 is 9.91 Å². The van der Waals surface area contributed by atoms with Gasteiger partial charge in [-0.2, -0.15) is 5.11 Å². The van der Waals surface area contributed by atoms with Crippen molar-refractivity contribution < 1.29 is 14.5 Å². The predicted molar refractivity (Wildman–Crippen MR) is 110 cm³/mol. The number of fused-ring (bicyclic) bond motifs is 8. The molecule has 2 aromatic rings. The highest BCUT2D eigenvalue weighted by molar-refractivity contribution is 6.22. The molecule has 9 heteroatoms. The Morgan fingerprint density at radius 3 is 2.39 bits per heavy atom. The molecule has 3 fully saturated rings. The van der Waals surface area contributed by atoms with Crippen LogP contribution in [0, 0.1) is 40.7 Å². The molecule has 0 radical (unpaired) electrons. The maximum Gasteiger partial charge on any atom is 0.294 e. The van der Waals surface area contributed by atoms with Crippen LogP contribution in [0.5, 0.6) is 0 Å². The molecule has 31 heavy (non-hydrogen) atoms. The minimum Gasteiger partial charge on any atom is -0.274 e. The Hall–Kier alpha value is -3.62. The number of carbonyl (C=O) groups is 2. The molecule has 6 atom stereocenters. The third kappa shape index (κ3) is 2.31. The number of nitro benzene ring substituents is 1. The number of nitrogens with zero attached hydrogens (tertiary/aromatic N) is 5. The van der Waals surface area contributed by atoms with Gasteiger partial charge in [0.25, 0.3) is 5.69 Å². The average molecular weight is 417 g/mol. The second-order valence-electron chi connectivity index (χ2n) is 8.74. The molecular weight excluding hydrogens is 398 g/mol. The van der Waals surface area contributed by atoms with E-state index in [1.807, 2.05) is 19.1 Å². The highest BCUT2D eigenvalue weighted by Crippen LogP contribution is 2.61. The van der Waals surface area contributed by atoms with E-state index in [0.717, 1.165) is 5.56 Å². The van der Waals surface area contributed by atoms with Gasteiger partial charge in [-0.15, -0.1) is 0 Å². The number of imide groups is 1. The monoisotopic (exact) mass is 417 g/mol. The zero-order chi connectivity index (χ0) is 21.4. The Morgan fingerprint density at radius 2 is 1.68 bits per heavy atom. The van der Waals surface area contributed by atoms with Gasteiger partial charge >= 0.3 is 0 Å². The van der Waals surface area contributed by atoms with Crippen molar-refractivity contribution in [2.45, 2.75) is 25.4 Å². The van der Waals surface area contributed by atoms with E-state index in [0.29, 0.717) is 17.8 Å². The van der Waals surface area contributed by atoms with E-state index in [1.165, 1.54) is 11.0 Å². The molecule has 4 aliphatic rings. The van der Waals surface area contributed by atoms with Crippen LogP contribution >= 0.6 is 0 Å². The van der Waals surface area contributed by atoms with E-state index >= 15 is 0 Å². The van der Waals surface area contributed by atoms with Gasteiger partial charge in [0.05, 0.1) is 34.5 Å². The fourth-order valence-corrected chi connectivity index (χ4v) is 6.05. The van der Waals surface area contributed by atoms with E-state index < -0.39 is 16.8 Å². The number of benzene rings is 2. The summed E-state index contributed by atoms with van der Waals surface area (Å²) in [5, 5.41) is 21.8. The van der Waals surface area contributed by atoms with Crippen LogP contribution in [-0.2, 0) is 9.59 Å². The molecule has 2 amide bonds. The summed E-state index contributed by atoms with van der Waals surface area (Å²) in [6.07, 6.45) is 0.708. The molecule has 2 saturated carbocycles. The van der Waals surface area contributed by atoms with Crippen LogP contribution in [0.4, 0.5) is 17.1 Å². The van der Waals surface area contributed by atoms with Gasteiger partial charge in [-0.1, -0.05) is 35.1 Å². The lowest BCUT2D eigenvalue weighted by Gasteiger charge is -2.33. The number of amides is 2. The molecule has 2 aliphatic heterocycles. The summed E-state index contributed by atoms with van der Waals surface area (Å²) in [6.45, 7) is 1.95. The van der Waals surface area contributed by atoms with Crippen LogP contribution in [0.2, 0.25) is 0 Å². The van der Waals surface area contributed by atoms with Crippen LogP contribution in [0.15, 0.2) is 58.9 Å². The first-order chi connectivity index (χ1) is 15.0. The Kier molecular flexibility index (Phi) is 3.63. The van der Waals surface area contributed by atoms with Crippen molar-refractivity contribution in [2.75, 3.05) is 9.91 Å². The number of nitro groups is 1. The summed E-state index contributed by atoms with van der Waals surface area (Å²) in [6, 6.07) is 13.3. The normalized spacial score (nSPS) is 32.7. The molecule has 9 nitrogen and oxygen atoms in total. The lowest BCUT2D eigenvalue weighted by molar-refractivity contribution is -0.384. The second-order valence-corrected chi connectivity index (χ2v) is 8.74. The number of anilines is 2. The number of hydrogen-bond donors (Lipinski definition) is 0. The fourth-order valence-electron chi connectivity index (χ4n) is 6.05. The van der Waals surface area contributed by atoms with Crippen LogP contribution in [0.3, 0.4) is 0 Å². The summed E-state index contributed by atoms with van der Waals surface area (Å²) >= 11 is 0. The number of hydrogen-bond acceptors (Lipinski definition) is 7. The van der Waals surface area contributed by atoms with E-state index in [2.05, 4.69) is 10.3 Å². The molecule has 2 aromatic carbocycles. The third-order valence-electron chi connectivity index (χ3n) is 7.27. The summed E-state index contributed by atoms with van der Waals surface area (Å²) < 4.78 is 0. The van der Waals surface area contributed by atoms with E-state index in [1.54, 1.807) is 35.3 Å². The van der Waals surface area contributed by atoms with Gasteiger partial charge in [0.1, 0.15) is 5.69 Å². The van der Waals surface area contributed by atoms with Crippen molar-refractivity contribution in [1.29, 1.82) is 0 Å². The first-order valence-corrected chi connectivity index (χ1v) is 10.4. The lowest BCUT2D eigenvalue weighted by atomic mass is 9.76. The van der Waals surface area contributed by atoms with Crippen LogP contribution in [0.1, 0.15) is 12.0 Å². The smallest absolute Gasteiger partial charge is 0.274 e. The van der Waals surface area contributed by atoms with Gasteiger partial charge in [0, 0.05) is 6.07 Å². The standard InChI is InChI=1S/C22H19N5O4/c1-11-6-8-12(9-7-11)25-21(28)17-13-10-14(18(17)22(25)29)20-19(13)23-24-26(20)15-4-2-3-5-16(15)27(30)31/h2-9,13-14,17-20H,10H2,1H3/t13-,14+,17-,18+,19+,20+/m1/s1. The van der Waals surface area contributed by atoms with Crippen molar-refractivity contribution in [2.24, 2.45) is 34.0 Å². The van der Waals surface area contributed by atoms with Gasteiger partial charge in [-0.05, 0) is 43.4 Å². The molecule has 0 unspecified atom stereocenters. The summed E-state index contributed by atoms with van der Waals surface area (Å²) in [7, 11) is 0. The Labute approximate surface area is 177 Å². The van der Waals surface area contributed by atoms with E-state index in [-0.39, 0.29) is 41.4 Å². The molecule has 2 heterocycles. The molecule has 0 N–H and O–H groups in total. The number of carbonyl (C=O) groups excluding carboxylic acids is 2. The van der Waals surface area contributed by atoms with E-state index in [4.69, 9.17) is 0 Å². The first kappa shape index (κ1) is 18.2. The average Bonchev–Trinajstić information content (AvgIpc) is 3.49. The largest absolute Gasteiger partial charge is 0.294 e. The minimum atomic E-state index is -0.436. The molecule has 0 aromatic heterocycles. The van der Waals surface area contributed by atoms with Gasteiger partial charge < -0.3 is 0 Å². The minimum absolute atomic E-state index is 0.0449. The quantitative estimate of drug-likeness (QED) is 0.433. The number of para-hydroxylation sites is 2. The fraction of sp³-hybridized carbons (Fsp3) is 0.364. The first-order valence-electron chi connectivity index (χ1n) is 10.4. The lowest BCUT2D eigenvalue weighted by Crippen LogP contribution is -2.47. The van der Waals surface area contributed by atoms with Crippen molar-refractivity contribution in [1.82, 2.24) is 0 Å². The molecule has 156 valence electrons. The number of rotatable bonds is 3. The maximum atomic E-state index is 13.4. The zero-order valence-corrected chi connectivity index (χ0v) is 16.7. The van der Waals surface area contributed by atoms with E-state index in [9.17, 15) is 19.7 Å². The Bertz CT molecular complexity index is 1160. The number of aryl methyl sites for hydroxylation is 1. The summed E-state index contributed by atoms with van der Waals surface area (Å²) in [5.41, 5.74) is 1.98. The van der Waals surface area contributed by atoms with Crippen molar-refractivity contribution in [3.8, 4) is 0 Å². The van der Waals surface area contributed by atoms with Gasteiger partial charge in [0.2, 0.25) is 11.8 Å². The van der Waals surface area contributed by atoms with Gasteiger partial charge in [0.15, 0.2) is 0 Å². The van der Waals surface area contributed by atoms with Crippen LogP contribution in [0.25, 0.3) is 0 Å². The molecule has 2 bridgehead atoms. The second kappa shape index (κ2) is 6.19. The van der Waals surface area contributed by atoms with Gasteiger partial charge in [-0.3, -0.25) is 24.6 Å². The predicted octanol–water partition coefficient (Wildman–Crippen LogP) is 3.28. The highest BCUT2D eigenvalue weighted by atomic mass is 16.6. The van der Waals surface area contributed by atoms with Gasteiger partial charge in [-0.25, -0.2) is 5.01 Å². The molecule has 1 saturated heterocycles. The third-order valence-corrected chi connectivity index (χ3v) is 7.27. The maximum absolute atomic E-state index is 13.4. The summed E-state index contributed by atoms with van der Waals surface area (Å²) in [5.74, 6) is -1.38. The molecule has 6 rings (SSSR count). The molecular formula is C22H19N5O4. The van der Waals surface area contributed by atoms with Crippen LogP contribution in [-0.4, -0.2) is 28.8 Å². The highest BCUT2D eigenvalue weighted by Gasteiger charge is 2.70. The van der Waals surface area contributed by atoms with Crippen molar-refractivity contribution in [3.05, 3.63) is 64.2 Å². The summed E-state index contributed by atoms with van der Waals surface area (Å²) in [4.78, 5) is 39.1. The topological polar surface area (TPSA) is 108 Å². The zero-order valence-electron chi connectivity index (χ0n) is 16.7. The SMILES string of the molecule is Cc1ccc(N2C(=O)[C@@H]3[C@H]4C[C@@H]([C@@H]3C2=O)[C@H]2[C@H]4N=NN2c2ccccc2[N+](=O)[O-])cc1. The Balaban J connectivity index is 1.36. The van der Waals surface area contributed by atoms with Crippen molar-refractivity contribution in [3.63, 3.8) is 0 Å². The molecule has 2 aliphatic carbocycles. The Morgan fingerprint density at radius 1 is 1.00 bits per heavy atom. The molecule has 0 spiro atoms.